The van der Waals surface area contributed by atoms with Crippen LogP contribution in [0.4, 0.5) is 4.79 Å². The summed E-state index contributed by atoms with van der Waals surface area (Å²) in [5, 5.41) is 9.13. The monoisotopic (exact) mass is 229 g/mol. The molecule has 0 bridgehead atoms. The SMILES string of the molecule is CC(C)(C)N(C(=O)O)C1CC(C(=O)NN)C1. The van der Waals surface area contributed by atoms with Crippen LogP contribution in [-0.2, 0) is 4.79 Å². The average molecular weight is 229 g/mol. The minimum atomic E-state index is -0.941. The molecule has 4 N–H and O–H groups in total. The van der Waals surface area contributed by atoms with Gasteiger partial charge in [-0.3, -0.25) is 10.2 Å². The largest absolute Gasteiger partial charge is 0.465 e. The number of hydrogen-bond donors (Lipinski definition) is 3. The minimum absolute atomic E-state index is 0.0835. The van der Waals surface area contributed by atoms with Gasteiger partial charge in [0.1, 0.15) is 0 Å². The second kappa shape index (κ2) is 4.29. The Balaban J connectivity index is 2.60. The van der Waals surface area contributed by atoms with Gasteiger partial charge in [0, 0.05) is 17.5 Å². The molecule has 16 heavy (non-hydrogen) atoms. The van der Waals surface area contributed by atoms with E-state index in [0.717, 1.165) is 0 Å². The fraction of sp³-hybridized carbons (Fsp3) is 0.800. The average Bonchev–Trinajstić information content (AvgIpc) is 2.06. The second-order valence-corrected chi connectivity index (χ2v) is 5.15. The Morgan fingerprint density at radius 3 is 2.19 bits per heavy atom. The standard InChI is InChI=1S/C10H19N3O3/c1-10(2,3)13(9(15)16)7-4-6(5-7)8(14)12-11/h6-7H,4-5,11H2,1-3H3,(H,12,14)(H,15,16). The molecule has 1 fully saturated rings. The predicted molar refractivity (Wildman–Crippen MR) is 58.5 cm³/mol. The number of carbonyl (C=O) groups is 2. The number of hydrazine groups is 1. The van der Waals surface area contributed by atoms with E-state index in [1.165, 1.54) is 4.90 Å². The van der Waals surface area contributed by atoms with Gasteiger partial charge >= 0.3 is 6.09 Å². The summed E-state index contributed by atoms with van der Waals surface area (Å²) in [5.41, 5.74) is 1.65. The van der Waals surface area contributed by atoms with Crippen LogP contribution in [0.5, 0.6) is 0 Å². The molecule has 1 rings (SSSR count). The van der Waals surface area contributed by atoms with Gasteiger partial charge < -0.3 is 10.0 Å². The lowest BCUT2D eigenvalue weighted by Gasteiger charge is -2.46. The number of hydrogen-bond acceptors (Lipinski definition) is 3. The summed E-state index contributed by atoms with van der Waals surface area (Å²) in [6.45, 7) is 5.53. The Labute approximate surface area is 94.8 Å². The number of rotatable bonds is 2. The highest BCUT2D eigenvalue weighted by Crippen LogP contribution is 2.35. The summed E-state index contributed by atoms with van der Waals surface area (Å²) in [6.07, 6.45) is 0.156. The van der Waals surface area contributed by atoms with Crippen molar-refractivity contribution in [2.75, 3.05) is 0 Å². The molecule has 0 aliphatic heterocycles. The molecular weight excluding hydrogens is 210 g/mol. The van der Waals surface area contributed by atoms with Gasteiger partial charge in [0.2, 0.25) is 5.91 Å². The lowest BCUT2D eigenvalue weighted by Crippen LogP contribution is -2.58. The summed E-state index contributed by atoms with van der Waals surface area (Å²) < 4.78 is 0. The maximum absolute atomic E-state index is 11.2. The molecule has 92 valence electrons. The fourth-order valence-electron chi connectivity index (χ4n) is 2.12. The van der Waals surface area contributed by atoms with E-state index in [0.29, 0.717) is 12.8 Å². The first-order valence-corrected chi connectivity index (χ1v) is 5.30. The molecule has 0 spiro atoms. The first-order valence-electron chi connectivity index (χ1n) is 5.30. The number of nitrogens with two attached hydrogens (primary N) is 1. The first-order chi connectivity index (χ1) is 7.27. The van der Waals surface area contributed by atoms with Crippen LogP contribution in [0.1, 0.15) is 33.6 Å². The third-order valence-electron chi connectivity index (χ3n) is 2.92. The van der Waals surface area contributed by atoms with E-state index in [4.69, 9.17) is 10.9 Å². The van der Waals surface area contributed by atoms with Gasteiger partial charge in [-0.05, 0) is 33.6 Å². The summed E-state index contributed by atoms with van der Waals surface area (Å²) in [5.74, 6) is 4.65. The molecule has 1 saturated carbocycles. The Kier molecular flexibility index (Phi) is 3.42. The summed E-state index contributed by atoms with van der Waals surface area (Å²) in [6, 6.07) is -0.0835. The molecule has 0 aromatic heterocycles. The summed E-state index contributed by atoms with van der Waals surface area (Å²) in [7, 11) is 0. The van der Waals surface area contributed by atoms with Gasteiger partial charge in [-0.25, -0.2) is 10.6 Å². The lowest BCUT2D eigenvalue weighted by atomic mass is 9.77. The maximum Gasteiger partial charge on any atom is 0.407 e. The molecule has 0 aromatic rings. The smallest absolute Gasteiger partial charge is 0.407 e. The zero-order chi connectivity index (χ0) is 12.5. The highest BCUT2D eigenvalue weighted by Gasteiger charge is 2.43. The van der Waals surface area contributed by atoms with Crippen molar-refractivity contribution in [1.82, 2.24) is 10.3 Å². The zero-order valence-electron chi connectivity index (χ0n) is 9.86. The highest BCUT2D eigenvalue weighted by atomic mass is 16.4. The van der Waals surface area contributed by atoms with Crippen molar-refractivity contribution < 1.29 is 14.7 Å². The highest BCUT2D eigenvalue weighted by molar-refractivity contribution is 5.79. The quantitative estimate of drug-likeness (QED) is 0.365. The van der Waals surface area contributed by atoms with E-state index in [-0.39, 0.29) is 17.9 Å². The van der Waals surface area contributed by atoms with Crippen LogP contribution in [0.2, 0.25) is 0 Å². The maximum atomic E-state index is 11.2. The number of nitrogens with zero attached hydrogens (tertiary/aromatic N) is 1. The Morgan fingerprint density at radius 2 is 1.88 bits per heavy atom. The van der Waals surface area contributed by atoms with E-state index in [9.17, 15) is 9.59 Å². The van der Waals surface area contributed by atoms with Crippen molar-refractivity contribution in [3.8, 4) is 0 Å². The lowest BCUT2D eigenvalue weighted by molar-refractivity contribution is -0.130. The third kappa shape index (κ3) is 2.44. The minimum Gasteiger partial charge on any atom is -0.465 e. The first kappa shape index (κ1) is 12.8. The second-order valence-electron chi connectivity index (χ2n) is 5.15. The van der Waals surface area contributed by atoms with E-state index in [2.05, 4.69) is 5.43 Å². The van der Waals surface area contributed by atoms with Crippen LogP contribution in [0.15, 0.2) is 0 Å². The van der Waals surface area contributed by atoms with E-state index in [1.54, 1.807) is 0 Å². The van der Waals surface area contributed by atoms with Gasteiger partial charge in [0.25, 0.3) is 0 Å². The Morgan fingerprint density at radius 1 is 1.38 bits per heavy atom. The Bertz CT molecular complexity index is 292. The van der Waals surface area contributed by atoms with Crippen LogP contribution < -0.4 is 11.3 Å². The predicted octanol–water partition coefficient (Wildman–Crippen LogP) is 0.533. The molecule has 0 unspecified atom stereocenters. The Hall–Kier alpha value is -1.30. The van der Waals surface area contributed by atoms with Crippen molar-refractivity contribution >= 4 is 12.0 Å². The van der Waals surface area contributed by atoms with Crippen molar-refractivity contribution in [1.29, 1.82) is 0 Å². The molecule has 0 aromatic carbocycles. The molecular formula is C10H19N3O3. The van der Waals surface area contributed by atoms with Gasteiger partial charge in [0.15, 0.2) is 0 Å². The molecule has 0 radical (unpaired) electrons. The zero-order valence-corrected chi connectivity index (χ0v) is 9.86. The van der Waals surface area contributed by atoms with Crippen LogP contribution in [0, 0.1) is 5.92 Å². The van der Waals surface area contributed by atoms with Crippen LogP contribution in [0.25, 0.3) is 0 Å². The molecule has 0 atom stereocenters. The fourth-order valence-corrected chi connectivity index (χ4v) is 2.12. The van der Waals surface area contributed by atoms with Gasteiger partial charge in [-0.2, -0.15) is 0 Å². The third-order valence-corrected chi connectivity index (χ3v) is 2.92. The summed E-state index contributed by atoms with van der Waals surface area (Å²) in [4.78, 5) is 23.7. The van der Waals surface area contributed by atoms with Gasteiger partial charge in [0.05, 0.1) is 0 Å². The molecule has 1 aliphatic rings. The molecule has 6 nitrogen and oxygen atoms in total. The summed E-state index contributed by atoms with van der Waals surface area (Å²) >= 11 is 0. The van der Waals surface area contributed by atoms with Crippen LogP contribution >= 0.6 is 0 Å². The van der Waals surface area contributed by atoms with E-state index < -0.39 is 11.6 Å². The molecule has 6 heteroatoms. The number of carbonyl (C=O) groups excluding carboxylic acids is 1. The van der Waals surface area contributed by atoms with Crippen molar-refractivity contribution in [3.63, 3.8) is 0 Å². The van der Waals surface area contributed by atoms with E-state index >= 15 is 0 Å². The van der Waals surface area contributed by atoms with Gasteiger partial charge in [-0.15, -0.1) is 0 Å². The van der Waals surface area contributed by atoms with Crippen LogP contribution in [0.3, 0.4) is 0 Å². The number of carboxylic acid groups (broad SMARTS) is 1. The van der Waals surface area contributed by atoms with Gasteiger partial charge in [-0.1, -0.05) is 0 Å². The normalized spacial score (nSPS) is 24.5. The van der Waals surface area contributed by atoms with Crippen LogP contribution in [-0.4, -0.2) is 33.6 Å². The van der Waals surface area contributed by atoms with E-state index in [1.807, 2.05) is 20.8 Å². The van der Waals surface area contributed by atoms with Crippen molar-refractivity contribution in [3.05, 3.63) is 0 Å². The molecule has 2 amide bonds. The molecule has 0 saturated heterocycles. The topological polar surface area (TPSA) is 95.7 Å². The molecule has 1 aliphatic carbocycles. The number of nitrogens with one attached hydrogen (secondary N) is 1. The van der Waals surface area contributed by atoms with Crippen molar-refractivity contribution in [2.24, 2.45) is 11.8 Å². The molecule has 0 heterocycles. The number of amides is 2. The van der Waals surface area contributed by atoms with Crippen molar-refractivity contribution in [2.45, 2.75) is 45.2 Å².